The lowest BCUT2D eigenvalue weighted by atomic mass is 9.87. The lowest BCUT2D eigenvalue weighted by molar-refractivity contribution is -0.121. The minimum Gasteiger partial charge on any atom is -0.486 e. The lowest BCUT2D eigenvalue weighted by Crippen LogP contribution is -2.28. The van der Waals surface area contributed by atoms with Gasteiger partial charge in [-0.05, 0) is 47.4 Å². The average Bonchev–Trinajstić information content (AvgIpc) is 3.13. The number of hydrogen-bond donors (Lipinski definition) is 2. The van der Waals surface area contributed by atoms with Crippen LogP contribution in [0.3, 0.4) is 0 Å². The number of rotatable bonds is 6. The molecular weight excluding hydrogens is 388 g/mol. The van der Waals surface area contributed by atoms with Crippen LogP contribution in [0.5, 0.6) is 11.5 Å². The topological polar surface area (TPSA) is 63.4 Å². The van der Waals surface area contributed by atoms with Gasteiger partial charge in [0.25, 0.3) is 0 Å². The first-order valence-corrected chi connectivity index (χ1v) is 10.3. The molecule has 4 rings (SSSR count). The highest BCUT2D eigenvalue weighted by Gasteiger charge is 2.24. The van der Waals surface area contributed by atoms with Crippen molar-refractivity contribution in [1.29, 1.82) is 0 Å². The molecule has 2 heterocycles. The number of halogens is 1. The summed E-state index contributed by atoms with van der Waals surface area (Å²) in [5.41, 5.74) is 3.04. The first-order chi connectivity index (χ1) is 14.0. The number of carbonyl (C=O) groups excluding carboxylic acids is 1. The van der Waals surface area contributed by atoms with Gasteiger partial charge in [0.2, 0.25) is 5.91 Å². The molecule has 0 fully saturated rings. The summed E-state index contributed by atoms with van der Waals surface area (Å²) in [6.45, 7) is 5.90. The number of hydrogen-bond acceptors (Lipinski definition) is 3. The Morgan fingerprint density at radius 3 is 2.72 bits per heavy atom. The van der Waals surface area contributed by atoms with Crippen LogP contribution in [0, 0.1) is 5.92 Å². The van der Waals surface area contributed by atoms with Gasteiger partial charge in [-0.15, -0.1) is 0 Å². The van der Waals surface area contributed by atoms with Crippen LogP contribution in [-0.4, -0.2) is 30.6 Å². The van der Waals surface area contributed by atoms with E-state index in [4.69, 9.17) is 21.1 Å². The lowest BCUT2D eigenvalue weighted by Gasteiger charge is -2.22. The van der Waals surface area contributed by atoms with Crippen molar-refractivity contribution in [3.05, 3.63) is 58.7 Å². The van der Waals surface area contributed by atoms with E-state index in [1.807, 2.05) is 42.6 Å². The zero-order chi connectivity index (χ0) is 20.4. The summed E-state index contributed by atoms with van der Waals surface area (Å²) in [5, 5.41) is 4.73. The predicted octanol–water partition coefficient (Wildman–Crippen LogP) is 4.89. The summed E-state index contributed by atoms with van der Waals surface area (Å²) in [7, 11) is 0. The second-order valence-corrected chi connectivity index (χ2v) is 8.23. The highest BCUT2D eigenvalue weighted by Crippen LogP contribution is 2.39. The van der Waals surface area contributed by atoms with Crippen molar-refractivity contribution in [2.45, 2.75) is 26.2 Å². The Labute approximate surface area is 175 Å². The Morgan fingerprint density at radius 2 is 1.93 bits per heavy atom. The van der Waals surface area contributed by atoms with Crippen LogP contribution >= 0.6 is 11.6 Å². The van der Waals surface area contributed by atoms with Crippen LogP contribution in [-0.2, 0) is 4.79 Å². The average molecular weight is 413 g/mol. The van der Waals surface area contributed by atoms with Gasteiger partial charge in [0.05, 0.1) is 0 Å². The third-order valence-electron chi connectivity index (χ3n) is 5.12. The monoisotopic (exact) mass is 412 g/mol. The molecule has 0 saturated carbocycles. The van der Waals surface area contributed by atoms with Crippen LogP contribution in [0.4, 0.5) is 0 Å². The SMILES string of the molecule is CC(C)CNC(=O)C[C@@H](c1ccc2c(c1)OCCO2)c1c[nH]c2ccc(Cl)cc12. The van der Waals surface area contributed by atoms with E-state index in [-0.39, 0.29) is 11.8 Å². The van der Waals surface area contributed by atoms with Gasteiger partial charge < -0.3 is 19.8 Å². The van der Waals surface area contributed by atoms with Crippen molar-refractivity contribution in [1.82, 2.24) is 10.3 Å². The van der Waals surface area contributed by atoms with Crippen LogP contribution in [0.1, 0.15) is 37.3 Å². The number of carbonyl (C=O) groups is 1. The summed E-state index contributed by atoms with van der Waals surface area (Å²) in [6, 6.07) is 11.7. The van der Waals surface area contributed by atoms with Crippen molar-refractivity contribution >= 4 is 28.4 Å². The smallest absolute Gasteiger partial charge is 0.220 e. The van der Waals surface area contributed by atoms with E-state index in [0.717, 1.165) is 33.5 Å². The van der Waals surface area contributed by atoms with Crippen molar-refractivity contribution in [3.8, 4) is 11.5 Å². The first kappa shape index (κ1) is 19.6. The molecule has 0 aliphatic carbocycles. The zero-order valence-electron chi connectivity index (χ0n) is 16.6. The quantitative estimate of drug-likeness (QED) is 0.606. The van der Waals surface area contributed by atoms with Gasteiger partial charge in [-0.2, -0.15) is 0 Å². The van der Waals surface area contributed by atoms with Crippen LogP contribution in [0.25, 0.3) is 10.9 Å². The molecule has 0 spiro atoms. The molecule has 1 amide bonds. The highest BCUT2D eigenvalue weighted by molar-refractivity contribution is 6.31. The number of nitrogens with one attached hydrogen (secondary N) is 2. The van der Waals surface area contributed by atoms with Gasteiger partial charge in [-0.1, -0.05) is 31.5 Å². The van der Waals surface area contributed by atoms with Crippen LogP contribution in [0.15, 0.2) is 42.6 Å². The molecule has 3 aromatic rings. The molecule has 1 aliphatic rings. The molecule has 6 heteroatoms. The van der Waals surface area contributed by atoms with Gasteiger partial charge in [-0.25, -0.2) is 0 Å². The van der Waals surface area contributed by atoms with Gasteiger partial charge in [0.1, 0.15) is 13.2 Å². The Kier molecular flexibility index (Phi) is 5.67. The Hall–Kier alpha value is -2.66. The molecule has 0 radical (unpaired) electrons. The molecule has 1 aromatic heterocycles. The zero-order valence-corrected chi connectivity index (χ0v) is 17.4. The van der Waals surface area contributed by atoms with E-state index in [2.05, 4.69) is 24.1 Å². The number of fused-ring (bicyclic) bond motifs is 2. The minimum atomic E-state index is -0.134. The molecule has 1 aliphatic heterocycles. The number of aromatic amines is 1. The van der Waals surface area contributed by atoms with Gasteiger partial charge in [0, 0.05) is 41.0 Å². The Balaban J connectivity index is 1.72. The van der Waals surface area contributed by atoms with Gasteiger partial charge in [0.15, 0.2) is 11.5 Å². The standard InChI is InChI=1S/C23H25ClN2O3/c1-14(2)12-26-23(27)11-17(15-3-6-21-22(9-15)29-8-7-28-21)19-13-25-20-5-4-16(24)10-18(19)20/h3-6,9-10,13-14,17,25H,7-8,11-12H2,1-2H3,(H,26,27)/t17-/m0/s1. The van der Waals surface area contributed by atoms with E-state index in [1.165, 1.54) is 0 Å². The molecule has 2 aromatic carbocycles. The number of ether oxygens (including phenoxy) is 2. The molecule has 0 unspecified atom stereocenters. The van der Waals surface area contributed by atoms with Crippen molar-refractivity contribution < 1.29 is 14.3 Å². The molecule has 0 bridgehead atoms. The van der Waals surface area contributed by atoms with Crippen LogP contribution in [0.2, 0.25) is 5.02 Å². The normalized spacial score (nSPS) is 14.2. The second kappa shape index (κ2) is 8.37. The fraction of sp³-hybridized carbons (Fsp3) is 0.348. The molecule has 2 N–H and O–H groups in total. The molecule has 1 atom stereocenters. The Bertz CT molecular complexity index is 1030. The molecule has 152 valence electrons. The number of amides is 1. The van der Waals surface area contributed by atoms with Gasteiger partial charge in [-0.3, -0.25) is 4.79 Å². The van der Waals surface area contributed by atoms with Crippen molar-refractivity contribution in [2.24, 2.45) is 5.92 Å². The maximum atomic E-state index is 12.7. The van der Waals surface area contributed by atoms with E-state index in [1.54, 1.807) is 0 Å². The molecule has 29 heavy (non-hydrogen) atoms. The van der Waals surface area contributed by atoms with Crippen molar-refractivity contribution in [3.63, 3.8) is 0 Å². The summed E-state index contributed by atoms with van der Waals surface area (Å²) in [6.07, 6.45) is 2.31. The summed E-state index contributed by atoms with van der Waals surface area (Å²) < 4.78 is 11.4. The fourth-order valence-corrected chi connectivity index (χ4v) is 3.83. The highest BCUT2D eigenvalue weighted by atomic mass is 35.5. The first-order valence-electron chi connectivity index (χ1n) is 9.94. The van der Waals surface area contributed by atoms with Gasteiger partial charge >= 0.3 is 0 Å². The van der Waals surface area contributed by atoms with Crippen LogP contribution < -0.4 is 14.8 Å². The third kappa shape index (κ3) is 4.35. The second-order valence-electron chi connectivity index (χ2n) is 7.79. The fourth-order valence-electron chi connectivity index (χ4n) is 3.66. The number of benzene rings is 2. The largest absolute Gasteiger partial charge is 0.486 e. The van der Waals surface area contributed by atoms with Crippen molar-refractivity contribution in [2.75, 3.05) is 19.8 Å². The molecule has 5 nitrogen and oxygen atoms in total. The predicted molar refractivity (Wildman–Crippen MR) is 115 cm³/mol. The van der Waals surface area contributed by atoms with E-state index >= 15 is 0 Å². The van der Waals surface area contributed by atoms with E-state index < -0.39 is 0 Å². The summed E-state index contributed by atoms with van der Waals surface area (Å²) in [4.78, 5) is 16.0. The molecule has 0 saturated heterocycles. The summed E-state index contributed by atoms with van der Waals surface area (Å²) in [5.74, 6) is 1.75. The maximum Gasteiger partial charge on any atom is 0.220 e. The van der Waals surface area contributed by atoms with E-state index in [0.29, 0.717) is 37.1 Å². The third-order valence-corrected chi connectivity index (χ3v) is 5.35. The Morgan fingerprint density at radius 1 is 1.14 bits per heavy atom. The molecular formula is C23H25ClN2O3. The minimum absolute atomic E-state index is 0.0231. The maximum absolute atomic E-state index is 12.7. The summed E-state index contributed by atoms with van der Waals surface area (Å²) >= 11 is 6.25. The number of H-pyrrole nitrogens is 1. The number of aromatic nitrogens is 1. The van der Waals surface area contributed by atoms with E-state index in [9.17, 15) is 4.79 Å².